The van der Waals surface area contributed by atoms with Gasteiger partial charge in [-0.15, -0.1) is 0 Å². The molecule has 1 aliphatic heterocycles. The maximum atomic E-state index is 11.9. The van der Waals surface area contributed by atoms with Gasteiger partial charge in [-0.25, -0.2) is 0 Å². The molecular weight excluding hydrogens is 322 g/mol. The zero-order valence-corrected chi connectivity index (χ0v) is 15.8. The third kappa shape index (κ3) is 5.23. The number of esters is 1. The van der Waals surface area contributed by atoms with Crippen molar-refractivity contribution in [3.8, 4) is 0 Å². The van der Waals surface area contributed by atoms with Gasteiger partial charge in [0.25, 0.3) is 0 Å². The normalized spacial score (nSPS) is 17.6. The third-order valence-electron chi connectivity index (χ3n) is 4.38. The molecule has 0 radical (unpaired) electrons. The average Bonchev–Trinajstić information content (AvgIpc) is 3.13. The van der Waals surface area contributed by atoms with Crippen LogP contribution in [0.2, 0.25) is 0 Å². The highest BCUT2D eigenvalue weighted by Crippen LogP contribution is 2.20. The van der Waals surface area contributed by atoms with E-state index in [0.717, 1.165) is 45.0 Å². The van der Waals surface area contributed by atoms with Crippen molar-refractivity contribution in [1.82, 2.24) is 10.2 Å². The zero-order valence-electron chi connectivity index (χ0n) is 15.0. The number of thiophene rings is 1. The molecule has 1 N–H and O–H groups in total. The molecule has 1 saturated heterocycles. The van der Waals surface area contributed by atoms with Crippen LogP contribution in [0, 0.1) is 5.92 Å². The molecule has 0 spiro atoms. The average molecular weight is 352 g/mol. The summed E-state index contributed by atoms with van der Waals surface area (Å²) < 4.78 is 5.14. The van der Waals surface area contributed by atoms with Gasteiger partial charge in [0.05, 0.1) is 12.5 Å². The lowest BCUT2D eigenvalue weighted by Crippen LogP contribution is -2.46. The van der Waals surface area contributed by atoms with E-state index in [1.165, 1.54) is 5.56 Å². The van der Waals surface area contributed by atoms with Crippen molar-refractivity contribution in [1.29, 1.82) is 0 Å². The minimum atomic E-state index is -0.0508. The molecule has 0 aliphatic carbocycles. The molecule has 0 saturated carbocycles. The molecule has 1 aromatic heterocycles. The van der Waals surface area contributed by atoms with E-state index in [1.807, 2.05) is 6.92 Å². The Labute approximate surface area is 149 Å². The second-order valence-electron chi connectivity index (χ2n) is 6.17. The first-order valence-corrected chi connectivity index (χ1v) is 9.81. The molecule has 0 aromatic carbocycles. The van der Waals surface area contributed by atoms with Crippen LogP contribution < -0.4 is 5.32 Å². The van der Waals surface area contributed by atoms with Gasteiger partial charge >= 0.3 is 5.97 Å². The Balaban J connectivity index is 1.91. The van der Waals surface area contributed by atoms with Crippen LogP contribution in [0.15, 0.2) is 21.8 Å². The van der Waals surface area contributed by atoms with E-state index < -0.39 is 0 Å². The van der Waals surface area contributed by atoms with Gasteiger partial charge in [0.1, 0.15) is 0 Å². The monoisotopic (exact) mass is 351 g/mol. The summed E-state index contributed by atoms with van der Waals surface area (Å²) in [7, 11) is 0. The lowest BCUT2D eigenvalue weighted by atomic mass is 9.97. The molecule has 1 unspecified atom stereocenters. The molecular formula is C18H29N3O2S. The fourth-order valence-corrected chi connectivity index (χ4v) is 3.68. The Morgan fingerprint density at radius 1 is 1.46 bits per heavy atom. The molecule has 0 amide bonds. The number of carbonyl (C=O) groups is 1. The van der Waals surface area contributed by atoms with Crippen molar-refractivity contribution in [2.45, 2.75) is 39.5 Å². The van der Waals surface area contributed by atoms with Crippen LogP contribution >= 0.6 is 11.3 Å². The van der Waals surface area contributed by atoms with E-state index >= 15 is 0 Å². The van der Waals surface area contributed by atoms with E-state index in [9.17, 15) is 4.79 Å². The standard InChI is InChI=1S/C18H29N3O2S/c1-4-19-18(20-12-14(3)16-8-11-24-13-16)21-9-6-15(7-10-21)17(22)23-5-2/h8,11,13-15H,4-7,9-10,12H2,1-3H3,(H,19,20). The number of rotatable bonds is 6. The van der Waals surface area contributed by atoms with Crippen LogP contribution in [-0.4, -0.2) is 49.6 Å². The van der Waals surface area contributed by atoms with Gasteiger partial charge in [-0.1, -0.05) is 6.92 Å². The summed E-state index contributed by atoms with van der Waals surface area (Å²) in [5.74, 6) is 1.36. The van der Waals surface area contributed by atoms with Crippen LogP contribution in [-0.2, 0) is 9.53 Å². The summed E-state index contributed by atoms with van der Waals surface area (Å²) in [4.78, 5) is 18.9. The van der Waals surface area contributed by atoms with Gasteiger partial charge < -0.3 is 15.0 Å². The number of piperidine rings is 1. The fraction of sp³-hybridized carbons (Fsp3) is 0.667. The first kappa shape index (κ1) is 18.8. The van der Waals surface area contributed by atoms with Crippen LogP contribution in [0.4, 0.5) is 0 Å². The molecule has 1 fully saturated rings. The first-order valence-electron chi connectivity index (χ1n) is 8.87. The number of nitrogens with zero attached hydrogens (tertiary/aromatic N) is 2. The lowest BCUT2D eigenvalue weighted by Gasteiger charge is -2.33. The molecule has 6 heteroatoms. The lowest BCUT2D eigenvalue weighted by molar-refractivity contribution is -0.149. The van der Waals surface area contributed by atoms with E-state index in [2.05, 4.69) is 40.9 Å². The summed E-state index contributed by atoms with van der Waals surface area (Å²) >= 11 is 1.73. The van der Waals surface area contributed by atoms with Gasteiger partial charge in [-0.05, 0) is 49.1 Å². The number of aliphatic imine (C=N–C) groups is 1. The van der Waals surface area contributed by atoms with Crippen LogP contribution in [0.1, 0.15) is 45.1 Å². The van der Waals surface area contributed by atoms with E-state index in [0.29, 0.717) is 12.5 Å². The SMILES string of the molecule is CCNC(=NCC(C)c1ccsc1)N1CCC(C(=O)OCC)CC1. The van der Waals surface area contributed by atoms with Gasteiger partial charge in [0.15, 0.2) is 5.96 Å². The third-order valence-corrected chi connectivity index (χ3v) is 5.08. The van der Waals surface area contributed by atoms with Crippen molar-refractivity contribution >= 4 is 23.3 Å². The van der Waals surface area contributed by atoms with E-state index in [4.69, 9.17) is 9.73 Å². The van der Waals surface area contributed by atoms with Crippen molar-refractivity contribution in [2.75, 3.05) is 32.8 Å². The smallest absolute Gasteiger partial charge is 0.309 e. The molecule has 24 heavy (non-hydrogen) atoms. The van der Waals surface area contributed by atoms with Gasteiger partial charge in [0.2, 0.25) is 0 Å². The largest absolute Gasteiger partial charge is 0.466 e. The number of guanidine groups is 1. The Morgan fingerprint density at radius 3 is 2.79 bits per heavy atom. The second-order valence-corrected chi connectivity index (χ2v) is 6.95. The number of nitrogens with one attached hydrogen (secondary N) is 1. The molecule has 1 aliphatic rings. The zero-order chi connectivity index (χ0) is 17.4. The summed E-state index contributed by atoms with van der Waals surface area (Å²) in [6.07, 6.45) is 1.67. The maximum absolute atomic E-state index is 11.9. The molecule has 2 heterocycles. The number of carbonyl (C=O) groups excluding carboxylic acids is 1. The van der Waals surface area contributed by atoms with Crippen molar-refractivity contribution < 1.29 is 9.53 Å². The molecule has 134 valence electrons. The minimum absolute atomic E-state index is 0.0359. The molecule has 2 rings (SSSR count). The molecule has 1 aromatic rings. The highest BCUT2D eigenvalue weighted by atomic mass is 32.1. The van der Waals surface area contributed by atoms with Crippen LogP contribution in [0.3, 0.4) is 0 Å². The summed E-state index contributed by atoms with van der Waals surface area (Å²) in [5, 5.41) is 7.69. The van der Waals surface area contributed by atoms with Gasteiger partial charge in [0, 0.05) is 32.1 Å². The Hall–Kier alpha value is -1.56. The Kier molecular flexibility index (Phi) is 7.56. The number of hydrogen-bond acceptors (Lipinski definition) is 4. The minimum Gasteiger partial charge on any atom is -0.466 e. The fourth-order valence-electron chi connectivity index (χ4n) is 2.90. The van der Waals surface area contributed by atoms with Gasteiger partial charge in [-0.2, -0.15) is 11.3 Å². The summed E-state index contributed by atoms with van der Waals surface area (Å²) in [5.41, 5.74) is 1.35. The van der Waals surface area contributed by atoms with E-state index in [-0.39, 0.29) is 11.9 Å². The predicted molar refractivity (Wildman–Crippen MR) is 99.6 cm³/mol. The van der Waals surface area contributed by atoms with Crippen LogP contribution in [0.25, 0.3) is 0 Å². The quantitative estimate of drug-likeness (QED) is 0.486. The summed E-state index contributed by atoms with van der Waals surface area (Å²) in [6.45, 7) is 9.94. The highest BCUT2D eigenvalue weighted by Gasteiger charge is 2.27. The molecule has 5 nitrogen and oxygen atoms in total. The van der Waals surface area contributed by atoms with Crippen molar-refractivity contribution in [3.63, 3.8) is 0 Å². The first-order chi connectivity index (χ1) is 11.7. The summed E-state index contributed by atoms with van der Waals surface area (Å²) in [6, 6.07) is 2.17. The van der Waals surface area contributed by atoms with Crippen molar-refractivity contribution in [2.24, 2.45) is 10.9 Å². The second kappa shape index (κ2) is 9.67. The predicted octanol–water partition coefficient (Wildman–Crippen LogP) is 3.09. The molecule has 1 atom stereocenters. The number of ether oxygens (including phenoxy) is 1. The highest BCUT2D eigenvalue weighted by molar-refractivity contribution is 7.07. The van der Waals surface area contributed by atoms with Crippen LogP contribution in [0.5, 0.6) is 0 Å². The number of hydrogen-bond donors (Lipinski definition) is 1. The molecule has 0 bridgehead atoms. The van der Waals surface area contributed by atoms with E-state index in [1.54, 1.807) is 11.3 Å². The number of likely N-dealkylation sites (tertiary alicyclic amines) is 1. The van der Waals surface area contributed by atoms with Crippen molar-refractivity contribution in [3.05, 3.63) is 22.4 Å². The Morgan fingerprint density at radius 2 is 2.21 bits per heavy atom. The maximum Gasteiger partial charge on any atom is 0.309 e. The Bertz CT molecular complexity index is 522. The van der Waals surface area contributed by atoms with Gasteiger partial charge in [-0.3, -0.25) is 9.79 Å². The topological polar surface area (TPSA) is 53.9 Å².